The molecule has 5 aliphatic rings. The van der Waals surface area contributed by atoms with Crippen molar-refractivity contribution in [3.63, 3.8) is 0 Å². The minimum atomic E-state index is 0.639. The molecule has 0 amide bonds. The minimum Gasteiger partial charge on any atom is -0.381 e. The Morgan fingerprint density at radius 3 is 3.09 bits per heavy atom. The molecule has 4 aliphatic heterocycles. The van der Waals surface area contributed by atoms with E-state index in [-0.39, 0.29) is 0 Å². The van der Waals surface area contributed by atoms with Gasteiger partial charge in [0.25, 0.3) is 0 Å². The van der Waals surface area contributed by atoms with Crippen LogP contribution in [-0.4, -0.2) is 30.1 Å². The molecule has 0 spiro atoms. The maximum Gasteiger partial charge on any atom is 0.0410 e. The molecular formula is C19H25ClN2. The van der Waals surface area contributed by atoms with E-state index in [1.165, 1.54) is 50.0 Å². The Labute approximate surface area is 138 Å². The molecule has 4 bridgehead atoms. The molecule has 7 unspecified atom stereocenters. The van der Waals surface area contributed by atoms with E-state index in [2.05, 4.69) is 29.3 Å². The van der Waals surface area contributed by atoms with E-state index in [0.29, 0.717) is 12.0 Å². The Morgan fingerprint density at radius 1 is 1.32 bits per heavy atom. The number of anilines is 1. The molecule has 7 atom stereocenters. The maximum atomic E-state index is 6.28. The fourth-order valence-corrected chi connectivity index (χ4v) is 6.39. The van der Waals surface area contributed by atoms with E-state index in [4.69, 9.17) is 11.6 Å². The van der Waals surface area contributed by atoms with E-state index in [1.54, 1.807) is 0 Å². The lowest BCUT2D eigenvalue weighted by Gasteiger charge is -2.54. The van der Waals surface area contributed by atoms with Crippen molar-refractivity contribution in [1.29, 1.82) is 0 Å². The maximum absolute atomic E-state index is 6.28. The molecule has 22 heavy (non-hydrogen) atoms. The van der Waals surface area contributed by atoms with E-state index >= 15 is 0 Å². The van der Waals surface area contributed by atoms with Gasteiger partial charge in [-0.15, -0.1) is 0 Å². The van der Waals surface area contributed by atoms with Gasteiger partial charge in [0.15, 0.2) is 0 Å². The van der Waals surface area contributed by atoms with Crippen molar-refractivity contribution in [1.82, 2.24) is 4.90 Å². The molecule has 1 saturated carbocycles. The zero-order valence-corrected chi connectivity index (χ0v) is 14.0. The second-order valence-electron chi connectivity index (χ2n) is 7.95. The summed E-state index contributed by atoms with van der Waals surface area (Å²) in [6.45, 7) is 5.04. The molecule has 0 radical (unpaired) electrons. The topological polar surface area (TPSA) is 15.3 Å². The van der Waals surface area contributed by atoms with Crippen LogP contribution in [-0.2, 0) is 0 Å². The van der Waals surface area contributed by atoms with Crippen molar-refractivity contribution in [2.24, 2.45) is 17.8 Å². The molecule has 1 aromatic carbocycles. The van der Waals surface area contributed by atoms with Gasteiger partial charge in [-0.25, -0.2) is 0 Å². The average Bonchev–Trinajstić information content (AvgIpc) is 2.85. The summed E-state index contributed by atoms with van der Waals surface area (Å²) in [7, 11) is 0. The molecule has 3 heteroatoms. The van der Waals surface area contributed by atoms with Gasteiger partial charge in [0, 0.05) is 35.3 Å². The van der Waals surface area contributed by atoms with Crippen molar-refractivity contribution in [3.05, 3.63) is 28.8 Å². The highest BCUT2D eigenvalue weighted by molar-refractivity contribution is 6.30. The van der Waals surface area contributed by atoms with Gasteiger partial charge in [-0.2, -0.15) is 0 Å². The molecule has 4 fully saturated rings. The third-order valence-corrected chi connectivity index (χ3v) is 7.19. The molecule has 1 aromatic rings. The summed E-state index contributed by atoms with van der Waals surface area (Å²) in [6, 6.07) is 7.91. The molecule has 3 saturated heterocycles. The summed E-state index contributed by atoms with van der Waals surface area (Å²) in [6.07, 6.45) is 5.56. The number of piperidine rings is 2. The number of hydrogen-bond acceptors (Lipinski definition) is 2. The Bertz CT molecular complexity index is 601. The van der Waals surface area contributed by atoms with Crippen LogP contribution in [0.4, 0.5) is 5.69 Å². The minimum absolute atomic E-state index is 0.639. The first-order chi connectivity index (χ1) is 10.7. The third kappa shape index (κ3) is 1.83. The fourth-order valence-electron chi connectivity index (χ4n) is 6.21. The van der Waals surface area contributed by atoms with Crippen molar-refractivity contribution in [2.45, 2.75) is 50.6 Å². The predicted octanol–water partition coefficient (Wildman–Crippen LogP) is 4.36. The van der Waals surface area contributed by atoms with Gasteiger partial charge in [0.2, 0.25) is 0 Å². The van der Waals surface area contributed by atoms with Crippen LogP contribution in [0.5, 0.6) is 0 Å². The van der Waals surface area contributed by atoms with E-state index in [9.17, 15) is 0 Å². The number of nitrogens with one attached hydrogen (secondary N) is 1. The van der Waals surface area contributed by atoms with Crippen LogP contribution in [0.3, 0.4) is 0 Å². The summed E-state index contributed by atoms with van der Waals surface area (Å²) < 4.78 is 0. The van der Waals surface area contributed by atoms with Gasteiger partial charge in [-0.1, -0.05) is 24.9 Å². The summed E-state index contributed by atoms with van der Waals surface area (Å²) in [5.41, 5.74) is 2.83. The van der Waals surface area contributed by atoms with E-state index in [1.807, 2.05) is 6.07 Å². The van der Waals surface area contributed by atoms with Crippen LogP contribution in [0.25, 0.3) is 0 Å². The van der Waals surface area contributed by atoms with Gasteiger partial charge in [-0.3, -0.25) is 4.90 Å². The molecule has 1 N–H and O–H groups in total. The van der Waals surface area contributed by atoms with Gasteiger partial charge in [0.05, 0.1) is 0 Å². The number of halogens is 1. The van der Waals surface area contributed by atoms with Crippen LogP contribution in [0.15, 0.2) is 18.2 Å². The Kier molecular flexibility index (Phi) is 3.04. The third-order valence-electron chi connectivity index (χ3n) is 6.96. The van der Waals surface area contributed by atoms with Crippen LogP contribution < -0.4 is 5.32 Å². The first kappa shape index (κ1) is 13.7. The van der Waals surface area contributed by atoms with Gasteiger partial charge in [0.1, 0.15) is 0 Å². The fraction of sp³-hybridized carbons (Fsp3) is 0.684. The Balaban J connectivity index is 1.55. The van der Waals surface area contributed by atoms with Crippen LogP contribution in [0.2, 0.25) is 5.02 Å². The highest BCUT2D eigenvalue weighted by atomic mass is 35.5. The first-order valence-corrected chi connectivity index (χ1v) is 9.42. The SMILES string of the molecule is CCC1CC2CC3C4Nc5ccc(Cl)cc5C4CCN(C2)C13. The van der Waals surface area contributed by atoms with E-state index in [0.717, 1.165) is 28.8 Å². The molecule has 6 rings (SSSR count). The van der Waals surface area contributed by atoms with Gasteiger partial charge >= 0.3 is 0 Å². The zero-order valence-electron chi connectivity index (χ0n) is 13.3. The first-order valence-electron chi connectivity index (χ1n) is 9.04. The second kappa shape index (κ2) is 4.88. The lowest BCUT2D eigenvalue weighted by Crippen LogP contribution is -2.59. The van der Waals surface area contributed by atoms with Crippen LogP contribution in [0, 0.1) is 17.8 Å². The molecule has 118 valence electrons. The van der Waals surface area contributed by atoms with Crippen LogP contribution in [0.1, 0.15) is 44.1 Å². The van der Waals surface area contributed by atoms with Crippen molar-refractivity contribution in [2.75, 3.05) is 18.4 Å². The number of hydrogen-bond donors (Lipinski definition) is 1. The number of fused-ring (bicyclic) bond motifs is 4. The predicted molar refractivity (Wildman–Crippen MR) is 91.6 cm³/mol. The second-order valence-corrected chi connectivity index (χ2v) is 8.39. The highest BCUT2D eigenvalue weighted by Gasteiger charge is 2.53. The van der Waals surface area contributed by atoms with E-state index < -0.39 is 0 Å². The van der Waals surface area contributed by atoms with Crippen LogP contribution >= 0.6 is 11.6 Å². The number of benzene rings is 1. The highest BCUT2D eigenvalue weighted by Crippen LogP contribution is 2.53. The van der Waals surface area contributed by atoms with Gasteiger partial charge in [-0.05, 0) is 67.3 Å². The zero-order chi connectivity index (χ0) is 14.8. The summed E-state index contributed by atoms with van der Waals surface area (Å²) in [4.78, 5) is 2.85. The summed E-state index contributed by atoms with van der Waals surface area (Å²) in [5, 5.41) is 4.79. The smallest absolute Gasteiger partial charge is 0.0410 e. The lowest BCUT2D eigenvalue weighted by molar-refractivity contribution is -0.0383. The molecule has 1 aliphatic carbocycles. The molecule has 0 aromatic heterocycles. The monoisotopic (exact) mass is 316 g/mol. The Hall–Kier alpha value is -0.730. The summed E-state index contributed by atoms with van der Waals surface area (Å²) >= 11 is 6.28. The van der Waals surface area contributed by atoms with Crippen molar-refractivity contribution < 1.29 is 0 Å². The standard InChI is InChI=1S/C19H25ClN2/c1-2-12-7-11-8-16-18-14(5-6-22(10-11)19(12)16)15-9-13(20)3-4-17(15)21-18/h3-4,9,11-12,14,16,18-19,21H,2,5-8,10H2,1H3. The largest absolute Gasteiger partial charge is 0.381 e. The molecule has 2 nitrogen and oxygen atoms in total. The van der Waals surface area contributed by atoms with Gasteiger partial charge < -0.3 is 5.32 Å². The average molecular weight is 317 g/mol. The quantitative estimate of drug-likeness (QED) is 0.828. The summed E-state index contributed by atoms with van der Waals surface area (Å²) in [5.74, 6) is 3.36. The number of nitrogens with zero attached hydrogens (tertiary/aromatic N) is 1. The van der Waals surface area contributed by atoms with Crippen molar-refractivity contribution >= 4 is 17.3 Å². The Morgan fingerprint density at radius 2 is 2.23 bits per heavy atom. The number of rotatable bonds is 1. The van der Waals surface area contributed by atoms with Crippen molar-refractivity contribution in [3.8, 4) is 0 Å². The normalized spacial score (nSPS) is 44.9. The lowest BCUT2D eigenvalue weighted by atomic mass is 9.63. The molecule has 4 heterocycles. The molecular weight excluding hydrogens is 292 g/mol.